The molecule has 0 radical (unpaired) electrons. The fourth-order valence-corrected chi connectivity index (χ4v) is 1.90. The summed E-state index contributed by atoms with van der Waals surface area (Å²) in [5, 5.41) is 7.30. The molecule has 0 saturated carbocycles. The molecular formula is C14H20ClN3O. The van der Waals surface area contributed by atoms with E-state index in [1.165, 1.54) is 0 Å². The Labute approximate surface area is 120 Å². The van der Waals surface area contributed by atoms with E-state index in [-0.39, 0.29) is 18.5 Å². The van der Waals surface area contributed by atoms with Gasteiger partial charge in [-0.2, -0.15) is 5.10 Å². The molecule has 1 aromatic heterocycles. The lowest BCUT2D eigenvalue weighted by Gasteiger charge is -2.18. The van der Waals surface area contributed by atoms with Gasteiger partial charge in [0.25, 0.3) is 0 Å². The fourth-order valence-electron chi connectivity index (χ4n) is 1.90. The summed E-state index contributed by atoms with van der Waals surface area (Å²) in [4.78, 5) is 0. The van der Waals surface area contributed by atoms with Crippen molar-refractivity contribution >= 4 is 12.4 Å². The average molecular weight is 282 g/mol. The van der Waals surface area contributed by atoms with Crippen molar-refractivity contribution in [3.8, 4) is 0 Å². The first kappa shape index (κ1) is 15.7. The molecule has 1 heterocycles. The normalized spacial score (nSPS) is 11.9. The molecule has 0 amide bonds. The van der Waals surface area contributed by atoms with Crippen LogP contribution >= 0.6 is 12.4 Å². The third kappa shape index (κ3) is 4.06. The molecule has 5 heteroatoms. The van der Waals surface area contributed by atoms with Gasteiger partial charge in [-0.05, 0) is 18.7 Å². The molecule has 0 spiro atoms. The molecule has 0 bridgehead atoms. The average Bonchev–Trinajstić information content (AvgIpc) is 2.82. The Morgan fingerprint density at radius 3 is 2.58 bits per heavy atom. The smallest absolute Gasteiger partial charge is 0.124 e. The number of aryl methyl sites for hydroxylation is 1. The summed E-state index contributed by atoms with van der Waals surface area (Å²) in [6.07, 6.45) is 1.74. The van der Waals surface area contributed by atoms with Gasteiger partial charge in [0.1, 0.15) is 6.10 Å². The van der Waals surface area contributed by atoms with E-state index in [1.807, 2.05) is 43.0 Å². The molecule has 4 nitrogen and oxygen atoms in total. The molecule has 0 saturated heterocycles. The molecule has 2 aromatic rings. The first-order chi connectivity index (χ1) is 8.83. The zero-order valence-electron chi connectivity index (χ0n) is 11.2. The van der Waals surface area contributed by atoms with Crippen LogP contribution in [0.5, 0.6) is 0 Å². The van der Waals surface area contributed by atoms with Crippen LogP contribution in [0.2, 0.25) is 0 Å². The predicted octanol–water partition coefficient (Wildman–Crippen LogP) is 2.17. The molecule has 19 heavy (non-hydrogen) atoms. The van der Waals surface area contributed by atoms with Gasteiger partial charge in [0.2, 0.25) is 0 Å². The molecule has 1 aromatic carbocycles. The number of ether oxygens (including phenoxy) is 1. The monoisotopic (exact) mass is 281 g/mol. The highest BCUT2D eigenvalue weighted by molar-refractivity contribution is 5.85. The first-order valence-corrected chi connectivity index (χ1v) is 6.12. The van der Waals surface area contributed by atoms with Crippen LogP contribution in [0.3, 0.4) is 0 Å². The molecule has 104 valence electrons. The number of aromatic nitrogens is 2. The second-order valence-corrected chi connectivity index (χ2v) is 4.14. The highest BCUT2D eigenvalue weighted by Crippen LogP contribution is 2.24. The number of hydrogen-bond donors (Lipinski definition) is 1. The molecule has 1 N–H and O–H groups in total. The summed E-state index contributed by atoms with van der Waals surface area (Å²) >= 11 is 0. The zero-order valence-corrected chi connectivity index (χ0v) is 12.1. The van der Waals surface area contributed by atoms with Crippen LogP contribution in [0.25, 0.3) is 0 Å². The molecule has 0 fully saturated rings. The Bertz CT molecular complexity index is 473. The number of likely N-dealkylation sites (N-methyl/N-ethyl adjacent to an activating group) is 1. The van der Waals surface area contributed by atoms with Crippen molar-refractivity contribution in [3.63, 3.8) is 0 Å². The number of halogens is 1. The SMILES string of the molecule is CNCCOC(c1ccccc1)c1ccnn1C.Cl. The van der Waals surface area contributed by atoms with Crippen molar-refractivity contribution < 1.29 is 4.74 Å². The van der Waals surface area contributed by atoms with Gasteiger partial charge in [0, 0.05) is 19.8 Å². The summed E-state index contributed by atoms with van der Waals surface area (Å²) in [5.74, 6) is 0. The van der Waals surface area contributed by atoms with Gasteiger partial charge in [-0.25, -0.2) is 0 Å². The maximum absolute atomic E-state index is 5.97. The van der Waals surface area contributed by atoms with Crippen molar-refractivity contribution in [1.29, 1.82) is 0 Å². The van der Waals surface area contributed by atoms with E-state index in [9.17, 15) is 0 Å². The second-order valence-electron chi connectivity index (χ2n) is 4.14. The largest absolute Gasteiger partial charge is 0.366 e. The van der Waals surface area contributed by atoms with E-state index in [1.54, 1.807) is 6.20 Å². The Morgan fingerprint density at radius 1 is 1.26 bits per heavy atom. The van der Waals surface area contributed by atoms with Gasteiger partial charge in [0.15, 0.2) is 0 Å². The zero-order chi connectivity index (χ0) is 12.8. The topological polar surface area (TPSA) is 39.1 Å². The van der Waals surface area contributed by atoms with E-state index in [4.69, 9.17) is 4.74 Å². The number of nitrogens with one attached hydrogen (secondary N) is 1. The number of benzene rings is 1. The van der Waals surface area contributed by atoms with Crippen molar-refractivity contribution in [2.24, 2.45) is 7.05 Å². The van der Waals surface area contributed by atoms with E-state index in [0.29, 0.717) is 6.61 Å². The van der Waals surface area contributed by atoms with Gasteiger partial charge >= 0.3 is 0 Å². The third-order valence-corrected chi connectivity index (χ3v) is 2.87. The van der Waals surface area contributed by atoms with Crippen molar-refractivity contribution in [2.75, 3.05) is 20.2 Å². The van der Waals surface area contributed by atoms with E-state index in [2.05, 4.69) is 22.5 Å². The number of hydrogen-bond acceptors (Lipinski definition) is 3. The standard InChI is InChI=1S/C14H19N3O.ClH/c1-15-10-11-18-14(12-6-4-3-5-7-12)13-8-9-16-17(13)2;/h3-9,14-15H,10-11H2,1-2H3;1H. The van der Waals surface area contributed by atoms with Gasteiger partial charge in [-0.3, -0.25) is 4.68 Å². The molecule has 0 aliphatic rings. The Hall–Kier alpha value is -1.36. The van der Waals surface area contributed by atoms with Crippen LogP contribution in [-0.4, -0.2) is 30.0 Å². The summed E-state index contributed by atoms with van der Waals surface area (Å²) in [6, 6.07) is 12.2. The van der Waals surface area contributed by atoms with E-state index < -0.39 is 0 Å². The molecular weight excluding hydrogens is 262 g/mol. The number of rotatable bonds is 6. The molecule has 2 rings (SSSR count). The lowest BCUT2D eigenvalue weighted by atomic mass is 10.1. The van der Waals surface area contributed by atoms with Crippen LogP contribution in [0, 0.1) is 0 Å². The minimum Gasteiger partial charge on any atom is -0.366 e. The number of nitrogens with zero attached hydrogens (tertiary/aromatic N) is 2. The first-order valence-electron chi connectivity index (χ1n) is 6.12. The maximum Gasteiger partial charge on any atom is 0.124 e. The van der Waals surface area contributed by atoms with Crippen LogP contribution in [0.4, 0.5) is 0 Å². The second kappa shape index (κ2) is 7.94. The Balaban J connectivity index is 0.00000180. The Morgan fingerprint density at radius 2 is 2.00 bits per heavy atom. The lowest BCUT2D eigenvalue weighted by molar-refractivity contribution is 0.0776. The van der Waals surface area contributed by atoms with Gasteiger partial charge in [-0.15, -0.1) is 12.4 Å². The molecule has 0 aliphatic carbocycles. The minimum absolute atomic E-state index is 0. The predicted molar refractivity (Wildman–Crippen MR) is 78.6 cm³/mol. The molecule has 0 aliphatic heterocycles. The van der Waals surface area contributed by atoms with Gasteiger partial charge in [0.05, 0.1) is 12.3 Å². The Kier molecular flexibility index (Phi) is 6.56. The van der Waals surface area contributed by atoms with Crippen molar-refractivity contribution in [2.45, 2.75) is 6.10 Å². The minimum atomic E-state index is -0.0629. The summed E-state index contributed by atoms with van der Waals surface area (Å²) in [7, 11) is 3.86. The van der Waals surface area contributed by atoms with Crippen molar-refractivity contribution in [3.05, 3.63) is 53.9 Å². The van der Waals surface area contributed by atoms with Crippen LogP contribution in [-0.2, 0) is 11.8 Å². The van der Waals surface area contributed by atoms with Crippen molar-refractivity contribution in [1.82, 2.24) is 15.1 Å². The highest BCUT2D eigenvalue weighted by atomic mass is 35.5. The molecule has 1 unspecified atom stereocenters. The lowest BCUT2D eigenvalue weighted by Crippen LogP contribution is -2.18. The molecule has 1 atom stereocenters. The van der Waals surface area contributed by atoms with E-state index in [0.717, 1.165) is 17.8 Å². The van der Waals surface area contributed by atoms with Crippen LogP contribution in [0.1, 0.15) is 17.4 Å². The quantitative estimate of drug-likeness (QED) is 0.825. The van der Waals surface area contributed by atoms with Gasteiger partial charge in [-0.1, -0.05) is 30.3 Å². The highest BCUT2D eigenvalue weighted by Gasteiger charge is 2.17. The summed E-state index contributed by atoms with van der Waals surface area (Å²) < 4.78 is 7.83. The maximum atomic E-state index is 5.97. The third-order valence-electron chi connectivity index (χ3n) is 2.87. The van der Waals surface area contributed by atoms with Crippen LogP contribution < -0.4 is 5.32 Å². The van der Waals surface area contributed by atoms with E-state index >= 15 is 0 Å². The fraction of sp³-hybridized carbons (Fsp3) is 0.357. The summed E-state index contributed by atoms with van der Waals surface area (Å²) in [6.45, 7) is 1.50. The van der Waals surface area contributed by atoms with Crippen LogP contribution in [0.15, 0.2) is 42.6 Å². The van der Waals surface area contributed by atoms with Gasteiger partial charge < -0.3 is 10.1 Å². The summed E-state index contributed by atoms with van der Waals surface area (Å²) in [5.41, 5.74) is 2.22.